The van der Waals surface area contributed by atoms with Crippen LogP contribution in [0, 0.1) is 11.3 Å². The molecule has 0 aliphatic heterocycles. The molecule has 1 saturated carbocycles. The van der Waals surface area contributed by atoms with Crippen molar-refractivity contribution in [3.05, 3.63) is 0 Å². The van der Waals surface area contributed by atoms with Crippen LogP contribution in [0.1, 0.15) is 65.7 Å². The Labute approximate surface area is 112 Å². The normalized spacial score (nSPS) is 21.3. The first-order valence-corrected chi connectivity index (χ1v) is 7.36. The van der Waals surface area contributed by atoms with Crippen molar-refractivity contribution in [1.82, 2.24) is 5.32 Å². The zero-order chi connectivity index (χ0) is 13.4. The van der Waals surface area contributed by atoms with Crippen LogP contribution in [0.5, 0.6) is 0 Å². The van der Waals surface area contributed by atoms with Gasteiger partial charge in [0.2, 0.25) is 0 Å². The highest BCUT2D eigenvalue weighted by atomic mass is 16.5. The molecule has 1 N–H and O–H groups in total. The van der Waals surface area contributed by atoms with Crippen molar-refractivity contribution in [2.75, 3.05) is 6.61 Å². The predicted molar refractivity (Wildman–Crippen MR) is 74.3 cm³/mol. The van der Waals surface area contributed by atoms with Crippen LogP contribution in [0.3, 0.4) is 0 Å². The molecule has 18 heavy (non-hydrogen) atoms. The molecule has 3 heteroatoms. The van der Waals surface area contributed by atoms with Crippen molar-refractivity contribution in [1.29, 1.82) is 5.26 Å². The van der Waals surface area contributed by atoms with Gasteiger partial charge in [-0.25, -0.2) is 0 Å². The lowest BCUT2D eigenvalue weighted by atomic mass is 9.99. The largest absolute Gasteiger partial charge is 0.378 e. The van der Waals surface area contributed by atoms with Crippen molar-refractivity contribution in [2.24, 2.45) is 0 Å². The number of nitrogens with zero attached hydrogens (tertiary/aromatic N) is 1. The maximum Gasteiger partial charge on any atom is 0.106 e. The Bertz CT molecular complexity index is 264. The Morgan fingerprint density at radius 1 is 1.28 bits per heavy atom. The van der Waals surface area contributed by atoms with Crippen molar-refractivity contribution in [3.63, 3.8) is 0 Å². The summed E-state index contributed by atoms with van der Waals surface area (Å²) < 4.78 is 5.95. The maximum atomic E-state index is 9.25. The van der Waals surface area contributed by atoms with Gasteiger partial charge >= 0.3 is 0 Å². The fraction of sp³-hybridized carbons (Fsp3) is 0.933. The van der Waals surface area contributed by atoms with Crippen molar-refractivity contribution in [3.8, 4) is 6.07 Å². The van der Waals surface area contributed by atoms with Gasteiger partial charge in [-0.05, 0) is 33.6 Å². The number of hydrogen-bond acceptors (Lipinski definition) is 3. The predicted octanol–water partition coefficient (Wildman–Crippen LogP) is 3.40. The highest BCUT2D eigenvalue weighted by Crippen LogP contribution is 2.20. The summed E-state index contributed by atoms with van der Waals surface area (Å²) in [5, 5.41) is 12.6. The van der Waals surface area contributed by atoms with E-state index in [1.165, 1.54) is 38.5 Å². The van der Waals surface area contributed by atoms with Crippen molar-refractivity contribution in [2.45, 2.75) is 83.4 Å². The Kier molecular flexibility index (Phi) is 6.67. The lowest BCUT2D eigenvalue weighted by molar-refractivity contribution is 0.0340. The van der Waals surface area contributed by atoms with Gasteiger partial charge in [0.15, 0.2) is 0 Å². The molecular formula is C15H28N2O. The van der Waals surface area contributed by atoms with Gasteiger partial charge in [-0.1, -0.05) is 25.7 Å². The summed E-state index contributed by atoms with van der Waals surface area (Å²) >= 11 is 0. The summed E-state index contributed by atoms with van der Waals surface area (Å²) in [6.45, 7) is 6.79. The molecule has 0 saturated heterocycles. The van der Waals surface area contributed by atoms with E-state index in [0.29, 0.717) is 18.8 Å². The molecule has 0 spiro atoms. The summed E-state index contributed by atoms with van der Waals surface area (Å²) in [4.78, 5) is 0. The molecule has 0 radical (unpaired) electrons. The topological polar surface area (TPSA) is 45.0 Å². The molecule has 0 aromatic rings. The van der Waals surface area contributed by atoms with E-state index < -0.39 is 5.54 Å². The third-order valence-corrected chi connectivity index (χ3v) is 3.61. The average Bonchev–Trinajstić information content (AvgIpc) is 2.57. The van der Waals surface area contributed by atoms with Crippen LogP contribution in [-0.4, -0.2) is 24.3 Å². The molecular weight excluding hydrogens is 224 g/mol. The van der Waals surface area contributed by atoms with Gasteiger partial charge in [0.1, 0.15) is 5.54 Å². The maximum absolute atomic E-state index is 9.25. The van der Waals surface area contributed by atoms with Gasteiger partial charge in [0, 0.05) is 19.1 Å². The van der Waals surface area contributed by atoms with E-state index in [4.69, 9.17) is 4.74 Å². The Hall–Kier alpha value is -0.590. The van der Waals surface area contributed by atoms with Gasteiger partial charge in [-0.15, -0.1) is 0 Å². The second-order valence-electron chi connectivity index (χ2n) is 5.98. The van der Waals surface area contributed by atoms with Crippen LogP contribution in [0.15, 0.2) is 0 Å². The Balaban J connectivity index is 2.28. The van der Waals surface area contributed by atoms with E-state index in [9.17, 15) is 5.26 Å². The third kappa shape index (κ3) is 5.84. The molecule has 0 aromatic carbocycles. The standard InChI is InChI=1S/C15H28N2O/c1-13(2)17-15(3,12-16)10-11-18-14-8-6-4-5-7-9-14/h13-14,17H,4-11H2,1-3H3. The highest BCUT2D eigenvalue weighted by molar-refractivity contribution is 5.04. The summed E-state index contributed by atoms with van der Waals surface area (Å²) in [5.41, 5.74) is -0.459. The molecule has 0 bridgehead atoms. The zero-order valence-electron chi connectivity index (χ0n) is 12.2. The lowest BCUT2D eigenvalue weighted by Crippen LogP contribution is -2.45. The van der Waals surface area contributed by atoms with Crippen LogP contribution >= 0.6 is 0 Å². The third-order valence-electron chi connectivity index (χ3n) is 3.61. The number of nitrogens with one attached hydrogen (secondary N) is 1. The molecule has 1 unspecified atom stereocenters. The van der Waals surface area contributed by atoms with E-state index in [-0.39, 0.29) is 0 Å². The molecule has 1 fully saturated rings. The van der Waals surface area contributed by atoms with E-state index in [1.807, 2.05) is 6.92 Å². The summed E-state index contributed by atoms with van der Waals surface area (Å²) in [5.74, 6) is 0. The van der Waals surface area contributed by atoms with E-state index in [1.54, 1.807) is 0 Å². The minimum absolute atomic E-state index is 0.326. The monoisotopic (exact) mass is 252 g/mol. The minimum atomic E-state index is -0.459. The molecule has 0 aromatic heterocycles. The number of ether oxygens (including phenoxy) is 1. The van der Waals surface area contributed by atoms with Crippen LogP contribution in [0.25, 0.3) is 0 Å². The quantitative estimate of drug-likeness (QED) is 0.737. The number of nitriles is 1. The summed E-state index contributed by atoms with van der Waals surface area (Å²) in [7, 11) is 0. The smallest absolute Gasteiger partial charge is 0.106 e. The van der Waals surface area contributed by atoms with Crippen LogP contribution in [0.4, 0.5) is 0 Å². The van der Waals surface area contributed by atoms with Gasteiger partial charge in [-0.2, -0.15) is 5.26 Å². The lowest BCUT2D eigenvalue weighted by Gasteiger charge is -2.26. The molecule has 1 aliphatic rings. The van der Waals surface area contributed by atoms with Gasteiger partial charge in [0.25, 0.3) is 0 Å². The molecule has 104 valence electrons. The van der Waals surface area contributed by atoms with E-state index >= 15 is 0 Å². The van der Waals surface area contributed by atoms with Crippen LogP contribution in [0.2, 0.25) is 0 Å². The first kappa shape index (κ1) is 15.5. The first-order chi connectivity index (χ1) is 8.56. The van der Waals surface area contributed by atoms with Gasteiger partial charge in [0.05, 0.1) is 12.2 Å². The van der Waals surface area contributed by atoms with Crippen molar-refractivity contribution >= 4 is 0 Å². The average molecular weight is 252 g/mol. The SMILES string of the molecule is CC(C)NC(C)(C#N)CCOC1CCCCCC1. The number of hydrogen-bond donors (Lipinski definition) is 1. The molecule has 0 heterocycles. The first-order valence-electron chi connectivity index (χ1n) is 7.36. The highest BCUT2D eigenvalue weighted by Gasteiger charge is 2.24. The van der Waals surface area contributed by atoms with E-state index in [2.05, 4.69) is 25.2 Å². The molecule has 1 atom stereocenters. The minimum Gasteiger partial charge on any atom is -0.378 e. The fourth-order valence-corrected chi connectivity index (χ4v) is 2.64. The number of rotatable bonds is 6. The molecule has 3 nitrogen and oxygen atoms in total. The van der Waals surface area contributed by atoms with E-state index in [0.717, 1.165) is 6.42 Å². The fourth-order valence-electron chi connectivity index (χ4n) is 2.64. The molecule has 1 aliphatic carbocycles. The van der Waals surface area contributed by atoms with Crippen LogP contribution < -0.4 is 5.32 Å². The summed E-state index contributed by atoms with van der Waals surface area (Å²) in [6, 6.07) is 2.70. The van der Waals surface area contributed by atoms with Gasteiger partial charge in [-0.3, -0.25) is 5.32 Å². The molecule has 0 amide bonds. The zero-order valence-corrected chi connectivity index (χ0v) is 12.2. The summed E-state index contributed by atoms with van der Waals surface area (Å²) in [6.07, 6.45) is 8.87. The Morgan fingerprint density at radius 2 is 1.89 bits per heavy atom. The Morgan fingerprint density at radius 3 is 2.39 bits per heavy atom. The second-order valence-corrected chi connectivity index (χ2v) is 5.98. The second kappa shape index (κ2) is 7.76. The van der Waals surface area contributed by atoms with Crippen LogP contribution in [-0.2, 0) is 4.74 Å². The van der Waals surface area contributed by atoms with Gasteiger partial charge < -0.3 is 4.74 Å². The van der Waals surface area contributed by atoms with Crippen molar-refractivity contribution < 1.29 is 4.74 Å². The molecule has 1 rings (SSSR count).